The predicted octanol–water partition coefficient (Wildman–Crippen LogP) is 4.72. The summed E-state index contributed by atoms with van der Waals surface area (Å²) in [6.45, 7) is 4.61. The van der Waals surface area contributed by atoms with Gasteiger partial charge in [-0.1, -0.05) is 57.4 Å². The van der Waals surface area contributed by atoms with E-state index in [2.05, 4.69) is 6.92 Å². The summed E-state index contributed by atoms with van der Waals surface area (Å²) in [5.41, 5.74) is 1.55. The van der Waals surface area contributed by atoms with Gasteiger partial charge in [0, 0.05) is 16.7 Å². The number of carbonyl (C=O) groups is 2. The summed E-state index contributed by atoms with van der Waals surface area (Å²) < 4.78 is 5.65. The molecule has 1 aliphatic rings. The van der Waals surface area contributed by atoms with Crippen LogP contribution < -0.4 is 0 Å². The number of benzene rings is 1. The van der Waals surface area contributed by atoms with Crippen molar-refractivity contribution in [3.63, 3.8) is 0 Å². The summed E-state index contributed by atoms with van der Waals surface area (Å²) in [6.07, 6.45) is 5.73. The number of hydrogen-bond donors (Lipinski definition) is 0. The molecule has 3 nitrogen and oxygen atoms in total. The standard InChI is InChI=1S/C19H24O3/c1-3-5-6-7-12-16-17(20)14-10-8-9-11-15(14)18(21)19(16)22-13-4-2/h8-11H,3-7,12-13H2,1-2H3. The first kappa shape index (κ1) is 16.5. The second-order valence-electron chi connectivity index (χ2n) is 5.67. The number of hydrogen-bond acceptors (Lipinski definition) is 3. The lowest BCUT2D eigenvalue weighted by atomic mass is 9.86. The minimum absolute atomic E-state index is 0.0437. The molecule has 0 N–H and O–H groups in total. The molecule has 1 aromatic carbocycles. The molecule has 0 amide bonds. The summed E-state index contributed by atoms with van der Waals surface area (Å²) in [5.74, 6) is 0.0917. The van der Waals surface area contributed by atoms with E-state index < -0.39 is 0 Å². The minimum Gasteiger partial charge on any atom is -0.489 e. The van der Waals surface area contributed by atoms with Crippen LogP contribution in [0, 0.1) is 0 Å². The molecule has 0 saturated carbocycles. The second kappa shape index (κ2) is 7.92. The third-order valence-corrected chi connectivity index (χ3v) is 3.90. The van der Waals surface area contributed by atoms with Gasteiger partial charge in [0.2, 0.25) is 5.78 Å². The molecule has 0 aromatic heterocycles. The Bertz CT molecular complexity index is 584. The van der Waals surface area contributed by atoms with Gasteiger partial charge in [0.25, 0.3) is 0 Å². The van der Waals surface area contributed by atoms with Crippen molar-refractivity contribution in [3.8, 4) is 0 Å². The fourth-order valence-electron chi connectivity index (χ4n) is 2.72. The van der Waals surface area contributed by atoms with Gasteiger partial charge >= 0.3 is 0 Å². The van der Waals surface area contributed by atoms with Crippen LogP contribution in [0.4, 0.5) is 0 Å². The molecule has 3 heteroatoms. The smallest absolute Gasteiger partial charge is 0.228 e. The van der Waals surface area contributed by atoms with E-state index in [1.807, 2.05) is 6.92 Å². The van der Waals surface area contributed by atoms with Gasteiger partial charge in [-0.05, 0) is 19.3 Å². The van der Waals surface area contributed by atoms with Crippen molar-refractivity contribution < 1.29 is 14.3 Å². The van der Waals surface area contributed by atoms with Crippen LogP contribution in [0.15, 0.2) is 35.6 Å². The van der Waals surface area contributed by atoms with E-state index >= 15 is 0 Å². The highest BCUT2D eigenvalue weighted by molar-refractivity contribution is 6.26. The highest BCUT2D eigenvalue weighted by Gasteiger charge is 2.32. The van der Waals surface area contributed by atoms with Gasteiger partial charge in [-0.15, -0.1) is 0 Å². The van der Waals surface area contributed by atoms with Crippen LogP contribution in [0.5, 0.6) is 0 Å². The van der Waals surface area contributed by atoms with E-state index in [1.54, 1.807) is 24.3 Å². The maximum Gasteiger partial charge on any atom is 0.228 e. The third-order valence-electron chi connectivity index (χ3n) is 3.90. The van der Waals surface area contributed by atoms with Crippen LogP contribution in [0.2, 0.25) is 0 Å². The zero-order valence-electron chi connectivity index (χ0n) is 13.5. The van der Waals surface area contributed by atoms with Crippen molar-refractivity contribution in [3.05, 3.63) is 46.7 Å². The number of ketones is 2. The van der Waals surface area contributed by atoms with Crippen molar-refractivity contribution in [1.82, 2.24) is 0 Å². The molecule has 118 valence electrons. The lowest BCUT2D eigenvalue weighted by molar-refractivity contribution is 0.0868. The Morgan fingerprint density at radius 3 is 2.18 bits per heavy atom. The van der Waals surface area contributed by atoms with E-state index in [-0.39, 0.29) is 17.3 Å². The fourth-order valence-corrected chi connectivity index (χ4v) is 2.72. The topological polar surface area (TPSA) is 43.4 Å². The maximum absolute atomic E-state index is 12.7. The molecule has 1 aromatic rings. The van der Waals surface area contributed by atoms with Crippen LogP contribution in [0.25, 0.3) is 0 Å². The third kappa shape index (κ3) is 3.46. The summed E-state index contributed by atoms with van der Waals surface area (Å²) in [4.78, 5) is 25.3. The monoisotopic (exact) mass is 300 g/mol. The summed E-state index contributed by atoms with van der Waals surface area (Å²) in [7, 11) is 0. The number of ether oxygens (including phenoxy) is 1. The Labute approximate surface area is 132 Å². The van der Waals surface area contributed by atoms with Crippen LogP contribution in [0.3, 0.4) is 0 Å². The molecule has 0 heterocycles. The lowest BCUT2D eigenvalue weighted by Crippen LogP contribution is -2.24. The molecule has 0 spiro atoms. The highest BCUT2D eigenvalue weighted by atomic mass is 16.5. The average Bonchev–Trinajstić information content (AvgIpc) is 2.55. The Hall–Kier alpha value is -1.90. The molecule has 0 bridgehead atoms. The SMILES string of the molecule is CCCCCCC1=C(OCCC)C(=O)c2ccccc2C1=O. The van der Waals surface area contributed by atoms with E-state index in [0.29, 0.717) is 29.7 Å². The van der Waals surface area contributed by atoms with Crippen molar-refractivity contribution in [2.45, 2.75) is 52.4 Å². The number of allylic oxidation sites excluding steroid dienone is 2. The molecule has 0 atom stereocenters. The molecule has 2 rings (SSSR count). The zero-order chi connectivity index (χ0) is 15.9. The van der Waals surface area contributed by atoms with Crippen LogP contribution in [-0.2, 0) is 4.74 Å². The van der Waals surface area contributed by atoms with Crippen molar-refractivity contribution in [2.24, 2.45) is 0 Å². The molecular formula is C19H24O3. The summed E-state index contributed by atoms with van der Waals surface area (Å²) in [5, 5.41) is 0. The number of Topliss-reactive ketones (excluding diaryl/α,β-unsaturated/α-hetero) is 2. The highest BCUT2D eigenvalue weighted by Crippen LogP contribution is 2.30. The Morgan fingerprint density at radius 1 is 0.864 bits per heavy atom. The molecule has 0 aliphatic heterocycles. The second-order valence-corrected chi connectivity index (χ2v) is 5.67. The predicted molar refractivity (Wildman–Crippen MR) is 87.1 cm³/mol. The van der Waals surface area contributed by atoms with E-state index in [0.717, 1.165) is 32.1 Å². The van der Waals surface area contributed by atoms with E-state index in [9.17, 15) is 9.59 Å². The van der Waals surface area contributed by atoms with E-state index in [4.69, 9.17) is 4.74 Å². The quantitative estimate of drug-likeness (QED) is 0.653. The summed E-state index contributed by atoms with van der Waals surface area (Å²) in [6, 6.07) is 7.03. The zero-order valence-corrected chi connectivity index (χ0v) is 13.5. The molecule has 0 saturated heterocycles. The van der Waals surface area contributed by atoms with Crippen molar-refractivity contribution in [2.75, 3.05) is 6.61 Å². The van der Waals surface area contributed by atoms with Gasteiger partial charge in [0.05, 0.1) is 6.61 Å². The van der Waals surface area contributed by atoms with Gasteiger partial charge in [-0.3, -0.25) is 9.59 Å². The van der Waals surface area contributed by atoms with Crippen LogP contribution in [0.1, 0.15) is 73.1 Å². The largest absolute Gasteiger partial charge is 0.489 e. The maximum atomic E-state index is 12.7. The molecule has 0 fully saturated rings. The van der Waals surface area contributed by atoms with E-state index in [1.165, 1.54) is 0 Å². The Kier molecular flexibility index (Phi) is 5.93. The first-order valence-electron chi connectivity index (χ1n) is 8.25. The van der Waals surface area contributed by atoms with Crippen LogP contribution in [-0.4, -0.2) is 18.2 Å². The van der Waals surface area contributed by atoms with Crippen LogP contribution >= 0.6 is 0 Å². The van der Waals surface area contributed by atoms with Crippen molar-refractivity contribution in [1.29, 1.82) is 0 Å². The minimum atomic E-state index is -0.144. The molecular weight excluding hydrogens is 276 g/mol. The van der Waals surface area contributed by atoms with Gasteiger partial charge in [0.1, 0.15) is 0 Å². The normalized spacial score (nSPS) is 14.3. The Morgan fingerprint density at radius 2 is 1.55 bits per heavy atom. The molecule has 0 radical (unpaired) electrons. The summed E-state index contributed by atoms with van der Waals surface area (Å²) >= 11 is 0. The lowest BCUT2D eigenvalue weighted by Gasteiger charge is -2.21. The van der Waals surface area contributed by atoms with Gasteiger partial charge in [-0.25, -0.2) is 0 Å². The number of unbranched alkanes of at least 4 members (excludes halogenated alkanes) is 3. The van der Waals surface area contributed by atoms with Gasteiger partial charge < -0.3 is 4.74 Å². The fraction of sp³-hybridized carbons (Fsp3) is 0.474. The number of fused-ring (bicyclic) bond motifs is 1. The number of rotatable bonds is 8. The molecule has 22 heavy (non-hydrogen) atoms. The average molecular weight is 300 g/mol. The van der Waals surface area contributed by atoms with Gasteiger partial charge in [0.15, 0.2) is 11.5 Å². The first-order chi connectivity index (χ1) is 10.7. The Balaban J connectivity index is 2.29. The van der Waals surface area contributed by atoms with Crippen molar-refractivity contribution >= 4 is 11.6 Å². The van der Waals surface area contributed by atoms with Gasteiger partial charge in [-0.2, -0.15) is 0 Å². The molecule has 1 aliphatic carbocycles. The number of carbonyl (C=O) groups excluding carboxylic acids is 2. The molecule has 0 unspecified atom stereocenters. The first-order valence-corrected chi connectivity index (χ1v) is 8.25.